The highest BCUT2D eigenvalue weighted by Gasteiger charge is 2.30. The average Bonchev–Trinajstić information content (AvgIpc) is 3.32. The second kappa shape index (κ2) is 6.94. The summed E-state index contributed by atoms with van der Waals surface area (Å²) in [7, 11) is -3.24. The molecule has 0 spiro atoms. The number of hydrogen-bond donors (Lipinski definition) is 1. The lowest BCUT2D eigenvalue weighted by Gasteiger charge is -2.40. The van der Waals surface area contributed by atoms with Gasteiger partial charge in [0.25, 0.3) is 0 Å². The molecule has 11 heteroatoms. The van der Waals surface area contributed by atoms with E-state index in [1.165, 1.54) is 0 Å². The molecule has 0 bridgehead atoms. The Morgan fingerprint density at radius 2 is 2.13 bits per heavy atom. The van der Waals surface area contributed by atoms with Crippen LogP contribution in [0.5, 0.6) is 0 Å². The van der Waals surface area contributed by atoms with Crippen molar-refractivity contribution >= 4 is 33.0 Å². The number of carbonyl (C=O) groups excluding carboxylic acids is 1. The van der Waals surface area contributed by atoms with Crippen LogP contribution in [-0.4, -0.2) is 70.4 Å². The Morgan fingerprint density at radius 1 is 1.27 bits per heavy atom. The number of hydrogen-bond acceptors (Lipinski definition) is 7. The van der Waals surface area contributed by atoms with E-state index < -0.39 is 9.84 Å². The van der Waals surface area contributed by atoms with Gasteiger partial charge in [0.15, 0.2) is 15.7 Å². The van der Waals surface area contributed by atoms with Crippen LogP contribution in [0.15, 0.2) is 41.8 Å². The van der Waals surface area contributed by atoms with Gasteiger partial charge in [-0.05, 0) is 31.0 Å². The largest absolute Gasteiger partial charge is 0.347 e. The van der Waals surface area contributed by atoms with Gasteiger partial charge >= 0.3 is 6.03 Å². The first kappa shape index (κ1) is 18.8. The Morgan fingerprint density at radius 3 is 2.97 bits per heavy atom. The van der Waals surface area contributed by atoms with E-state index >= 15 is 0 Å². The van der Waals surface area contributed by atoms with Crippen molar-refractivity contribution in [1.82, 2.24) is 24.5 Å². The van der Waals surface area contributed by atoms with Gasteiger partial charge < -0.3 is 15.1 Å². The van der Waals surface area contributed by atoms with Crippen LogP contribution in [0.3, 0.4) is 0 Å². The standard InChI is InChI=1S/C19H21N7O3S/c1-13-11-24(7-8-26(13)17-18-23-21-12-25(18)6-5-20-17)19(27)22-15-3-2-14-4-9-30(28,29)16(14)10-15/h2-3,5-6,10,12-13H,4,7-9,11H2,1H3,(H,22,27). The Hall–Kier alpha value is -3.21. The minimum absolute atomic E-state index is 0.0281. The number of aryl methyl sites for hydroxylation is 1. The smallest absolute Gasteiger partial charge is 0.321 e. The fourth-order valence-corrected chi connectivity index (χ4v) is 5.67. The van der Waals surface area contributed by atoms with Gasteiger partial charge in [0.2, 0.25) is 5.65 Å². The third kappa shape index (κ3) is 3.15. The number of aromatic nitrogens is 4. The number of benzene rings is 1. The van der Waals surface area contributed by atoms with E-state index in [4.69, 9.17) is 0 Å². The molecule has 0 radical (unpaired) electrons. The third-order valence-corrected chi connectivity index (χ3v) is 7.47. The lowest BCUT2D eigenvalue weighted by molar-refractivity contribution is 0.200. The van der Waals surface area contributed by atoms with Gasteiger partial charge in [0.05, 0.1) is 10.6 Å². The molecular weight excluding hydrogens is 406 g/mol. The molecule has 2 aliphatic heterocycles. The second-order valence-corrected chi connectivity index (χ2v) is 9.70. The molecule has 1 atom stereocenters. The van der Waals surface area contributed by atoms with Crippen molar-refractivity contribution in [3.05, 3.63) is 42.5 Å². The zero-order valence-electron chi connectivity index (χ0n) is 16.4. The van der Waals surface area contributed by atoms with Crippen LogP contribution in [0.4, 0.5) is 16.3 Å². The summed E-state index contributed by atoms with van der Waals surface area (Å²) in [4.78, 5) is 21.4. The van der Waals surface area contributed by atoms with Crippen LogP contribution in [0, 0.1) is 0 Å². The van der Waals surface area contributed by atoms with E-state index in [1.807, 2.05) is 11.3 Å². The van der Waals surface area contributed by atoms with Crippen molar-refractivity contribution in [3.8, 4) is 0 Å². The summed E-state index contributed by atoms with van der Waals surface area (Å²) in [5, 5.41) is 10.9. The van der Waals surface area contributed by atoms with Crippen LogP contribution in [0.25, 0.3) is 5.65 Å². The summed E-state index contributed by atoms with van der Waals surface area (Å²) in [6, 6.07) is 4.88. The number of sulfone groups is 1. The summed E-state index contributed by atoms with van der Waals surface area (Å²) in [6.07, 6.45) is 5.66. The van der Waals surface area contributed by atoms with E-state index in [2.05, 4.69) is 25.4 Å². The van der Waals surface area contributed by atoms with E-state index in [1.54, 1.807) is 41.8 Å². The number of nitrogens with zero attached hydrogens (tertiary/aromatic N) is 6. The van der Waals surface area contributed by atoms with E-state index in [0.29, 0.717) is 42.3 Å². The van der Waals surface area contributed by atoms with E-state index in [9.17, 15) is 13.2 Å². The van der Waals surface area contributed by atoms with Crippen molar-refractivity contribution < 1.29 is 13.2 Å². The molecule has 2 aliphatic rings. The first-order chi connectivity index (χ1) is 14.4. The van der Waals surface area contributed by atoms with Gasteiger partial charge in [0.1, 0.15) is 6.33 Å². The molecule has 30 heavy (non-hydrogen) atoms. The molecule has 10 nitrogen and oxygen atoms in total. The van der Waals surface area contributed by atoms with Gasteiger partial charge in [-0.15, -0.1) is 10.2 Å². The van der Waals surface area contributed by atoms with Crippen molar-refractivity contribution in [2.24, 2.45) is 0 Å². The van der Waals surface area contributed by atoms with E-state index in [-0.39, 0.29) is 17.8 Å². The van der Waals surface area contributed by atoms with Gasteiger partial charge in [0, 0.05) is 43.8 Å². The van der Waals surface area contributed by atoms with Crippen LogP contribution < -0.4 is 10.2 Å². The van der Waals surface area contributed by atoms with Crippen LogP contribution >= 0.6 is 0 Å². The van der Waals surface area contributed by atoms with Gasteiger partial charge in [-0.3, -0.25) is 4.40 Å². The lowest BCUT2D eigenvalue weighted by atomic mass is 10.1. The lowest BCUT2D eigenvalue weighted by Crippen LogP contribution is -2.55. The molecule has 4 heterocycles. The Kier molecular flexibility index (Phi) is 4.35. The highest BCUT2D eigenvalue weighted by molar-refractivity contribution is 7.91. The zero-order valence-corrected chi connectivity index (χ0v) is 17.2. The predicted octanol–water partition coefficient (Wildman–Crippen LogP) is 1.20. The molecule has 1 N–H and O–H groups in total. The number of carbonyl (C=O) groups is 1. The number of rotatable bonds is 2. The molecule has 1 unspecified atom stereocenters. The molecule has 5 rings (SSSR count). The second-order valence-electron chi connectivity index (χ2n) is 7.62. The van der Waals surface area contributed by atoms with Crippen molar-refractivity contribution in [1.29, 1.82) is 0 Å². The highest BCUT2D eigenvalue weighted by Crippen LogP contribution is 2.29. The summed E-state index contributed by atoms with van der Waals surface area (Å²) < 4.78 is 26.1. The molecule has 1 aromatic carbocycles. The topological polar surface area (TPSA) is 113 Å². The summed E-state index contributed by atoms with van der Waals surface area (Å²) >= 11 is 0. The number of fused-ring (bicyclic) bond motifs is 2. The average molecular weight is 427 g/mol. The molecule has 0 aliphatic carbocycles. The fraction of sp³-hybridized carbons (Fsp3) is 0.368. The van der Waals surface area contributed by atoms with Crippen LogP contribution in [0.1, 0.15) is 12.5 Å². The van der Waals surface area contributed by atoms with Crippen LogP contribution in [-0.2, 0) is 16.3 Å². The normalized spacial score (nSPS) is 20.4. The molecular formula is C19H21N7O3S. The highest BCUT2D eigenvalue weighted by atomic mass is 32.2. The monoisotopic (exact) mass is 427 g/mol. The Labute approximate surface area is 173 Å². The summed E-state index contributed by atoms with van der Waals surface area (Å²) in [6.45, 7) is 3.65. The Balaban J connectivity index is 1.29. The maximum absolute atomic E-state index is 12.8. The van der Waals surface area contributed by atoms with Gasteiger partial charge in [-0.1, -0.05) is 6.07 Å². The molecule has 1 saturated heterocycles. The number of amides is 2. The fourth-order valence-electron chi connectivity index (χ4n) is 4.09. The predicted molar refractivity (Wildman–Crippen MR) is 110 cm³/mol. The quantitative estimate of drug-likeness (QED) is 0.654. The first-order valence-corrected chi connectivity index (χ1v) is 11.4. The molecule has 2 aromatic heterocycles. The molecule has 0 saturated carbocycles. The molecule has 156 valence electrons. The molecule has 3 aromatic rings. The first-order valence-electron chi connectivity index (χ1n) is 9.75. The van der Waals surface area contributed by atoms with Crippen molar-refractivity contribution in [2.75, 3.05) is 35.6 Å². The maximum atomic E-state index is 12.8. The summed E-state index contributed by atoms with van der Waals surface area (Å²) in [5.41, 5.74) is 1.99. The van der Waals surface area contributed by atoms with Crippen molar-refractivity contribution in [2.45, 2.75) is 24.3 Å². The van der Waals surface area contributed by atoms with Crippen molar-refractivity contribution in [3.63, 3.8) is 0 Å². The number of anilines is 2. The number of nitrogens with one attached hydrogen (secondary N) is 1. The third-order valence-electron chi connectivity index (χ3n) is 5.68. The number of piperazine rings is 1. The minimum Gasteiger partial charge on any atom is -0.347 e. The minimum atomic E-state index is -3.24. The summed E-state index contributed by atoms with van der Waals surface area (Å²) in [5.74, 6) is 0.873. The SMILES string of the molecule is CC1CN(C(=O)Nc2ccc3c(c2)S(=O)(=O)CC3)CCN1c1nccn2cnnc12. The molecule has 1 fully saturated rings. The zero-order chi connectivity index (χ0) is 20.9. The maximum Gasteiger partial charge on any atom is 0.321 e. The Bertz CT molecular complexity index is 1240. The number of urea groups is 1. The van der Waals surface area contributed by atoms with Crippen LogP contribution in [0.2, 0.25) is 0 Å². The van der Waals surface area contributed by atoms with Gasteiger partial charge in [-0.2, -0.15) is 0 Å². The van der Waals surface area contributed by atoms with Gasteiger partial charge in [-0.25, -0.2) is 18.2 Å². The molecule has 2 amide bonds. The van der Waals surface area contributed by atoms with E-state index in [0.717, 1.165) is 11.4 Å².